The molecule has 2 rings (SSSR count). The SMILES string of the molecule is Cc1c(N(C)Cc2ccc(Br)s2)cc(C#N)cc1[N+](=O)[O-]. The van der Waals surface area contributed by atoms with E-state index in [4.69, 9.17) is 5.26 Å². The van der Waals surface area contributed by atoms with Crippen molar-refractivity contribution in [2.75, 3.05) is 11.9 Å². The molecule has 21 heavy (non-hydrogen) atoms. The van der Waals surface area contributed by atoms with E-state index in [1.165, 1.54) is 6.07 Å². The van der Waals surface area contributed by atoms with Crippen LogP contribution in [0.4, 0.5) is 11.4 Å². The molecule has 0 aliphatic rings. The fourth-order valence-corrected chi connectivity index (χ4v) is 3.63. The summed E-state index contributed by atoms with van der Waals surface area (Å²) in [6.45, 7) is 2.33. The molecular weight excluding hydrogens is 354 g/mol. The number of rotatable bonds is 4. The summed E-state index contributed by atoms with van der Waals surface area (Å²) in [5.74, 6) is 0. The van der Waals surface area contributed by atoms with Gasteiger partial charge in [-0.2, -0.15) is 5.26 Å². The van der Waals surface area contributed by atoms with Crippen molar-refractivity contribution in [3.8, 4) is 6.07 Å². The third kappa shape index (κ3) is 3.40. The molecule has 0 amide bonds. The summed E-state index contributed by atoms with van der Waals surface area (Å²) in [4.78, 5) is 13.7. The van der Waals surface area contributed by atoms with E-state index >= 15 is 0 Å². The van der Waals surface area contributed by atoms with Gasteiger partial charge in [0.25, 0.3) is 5.69 Å². The Labute approximate surface area is 134 Å². The van der Waals surface area contributed by atoms with E-state index in [9.17, 15) is 10.1 Å². The minimum absolute atomic E-state index is 0.0248. The normalized spacial score (nSPS) is 10.2. The lowest BCUT2D eigenvalue weighted by molar-refractivity contribution is -0.385. The van der Waals surface area contributed by atoms with E-state index in [0.29, 0.717) is 23.4 Å². The first-order chi connectivity index (χ1) is 9.92. The summed E-state index contributed by atoms with van der Waals surface area (Å²) in [7, 11) is 1.86. The number of hydrogen-bond acceptors (Lipinski definition) is 5. The van der Waals surface area contributed by atoms with Crippen molar-refractivity contribution in [2.24, 2.45) is 0 Å². The summed E-state index contributed by atoms with van der Waals surface area (Å²) < 4.78 is 1.04. The molecule has 0 N–H and O–H groups in total. The van der Waals surface area contributed by atoms with Crippen molar-refractivity contribution in [2.45, 2.75) is 13.5 Å². The molecule has 1 heterocycles. The first kappa shape index (κ1) is 15.5. The maximum absolute atomic E-state index is 11.1. The topological polar surface area (TPSA) is 70.2 Å². The van der Waals surface area contributed by atoms with Gasteiger partial charge in [-0.1, -0.05) is 0 Å². The molecule has 108 valence electrons. The van der Waals surface area contributed by atoms with Crippen molar-refractivity contribution in [3.05, 3.63) is 54.2 Å². The number of benzene rings is 1. The van der Waals surface area contributed by atoms with Crippen LogP contribution in [-0.4, -0.2) is 12.0 Å². The van der Waals surface area contributed by atoms with Gasteiger partial charge in [-0.05, 0) is 41.1 Å². The van der Waals surface area contributed by atoms with E-state index in [1.807, 2.05) is 30.1 Å². The Hall–Kier alpha value is -1.91. The van der Waals surface area contributed by atoms with Gasteiger partial charge in [0.1, 0.15) is 0 Å². The zero-order valence-corrected chi connectivity index (χ0v) is 13.9. The van der Waals surface area contributed by atoms with Crippen LogP contribution in [0.25, 0.3) is 0 Å². The maximum atomic E-state index is 11.1. The number of nitriles is 1. The third-order valence-corrected chi connectivity index (χ3v) is 4.72. The first-order valence-electron chi connectivity index (χ1n) is 6.07. The number of halogens is 1. The Morgan fingerprint density at radius 3 is 2.71 bits per heavy atom. The van der Waals surface area contributed by atoms with Gasteiger partial charge < -0.3 is 4.90 Å². The van der Waals surface area contributed by atoms with Crippen molar-refractivity contribution in [1.29, 1.82) is 5.26 Å². The van der Waals surface area contributed by atoms with Gasteiger partial charge in [0.05, 0.1) is 32.5 Å². The van der Waals surface area contributed by atoms with Gasteiger partial charge in [0.15, 0.2) is 0 Å². The second kappa shape index (κ2) is 6.24. The average Bonchev–Trinajstić information content (AvgIpc) is 2.83. The fraction of sp³-hybridized carbons (Fsp3) is 0.214. The molecule has 0 fully saturated rings. The Balaban J connectivity index is 2.40. The lowest BCUT2D eigenvalue weighted by Crippen LogP contribution is -2.17. The molecule has 0 radical (unpaired) electrons. The van der Waals surface area contributed by atoms with Gasteiger partial charge in [-0.15, -0.1) is 11.3 Å². The predicted octanol–water partition coefficient (Wildman–Crippen LogP) is 4.24. The molecule has 0 spiro atoms. The van der Waals surface area contributed by atoms with Crippen LogP contribution in [0.1, 0.15) is 16.0 Å². The third-order valence-electron chi connectivity index (χ3n) is 3.11. The molecule has 0 aliphatic heterocycles. The first-order valence-corrected chi connectivity index (χ1v) is 7.68. The molecule has 1 aromatic carbocycles. The summed E-state index contributed by atoms with van der Waals surface area (Å²) in [5, 5.41) is 20.1. The molecule has 0 saturated heterocycles. The standard InChI is InChI=1S/C14H12BrN3O2S/c1-9-12(5-10(7-16)6-13(9)18(19)20)17(2)8-11-3-4-14(15)21-11/h3-6H,8H2,1-2H3. The summed E-state index contributed by atoms with van der Waals surface area (Å²) in [6, 6.07) is 8.95. The summed E-state index contributed by atoms with van der Waals surface area (Å²) >= 11 is 5.03. The van der Waals surface area contributed by atoms with Crippen molar-refractivity contribution < 1.29 is 4.92 Å². The van der Waals surface area contributed by atoms with Crippen LogP contribution < -0.4 is 4.90 Å². The number of nitrogens with zero attached hydrogens (tertiary/aromatic N) is 3. The van der Waals surface area contributed by atoms with Crippen LogP contribution in [0.5, 0.6) is 0 Å². The van der Waals surface area contributed by atoms with E-state index < -0.39 is 4.92 Å². The zero-order chi connectivity index (χ0) is 15.6. The number of nitro groups is 1. The molecule has 7 heteroatoms. The highest BCUT2D eigenvalue weighted by molar-refractivity contribution is 9.11. The van der Waals surface area contributed by atoms with Gasteiger partial charge in [0.2, 0.25) is 0 Å². The monoisotopic (exact) mass is 365 g/mol. The van der Waals surface area contributed by atoms with E-state index in [0.717, 1.165) is 8.66 Å². The number of nitro benzene ring substituents is 1. The number of hydrogen-bond donors (Lipinski definition) is 0. The van der Waals surface area contributed by atoms with E-state index in [2.05, 4.69) is 15.9 Å². The lowest BCUT2D eigenvalue weighted by atomic mass is 10.1. The summed E-state index contributed by atoms with van der Waals surface area (Å²) in [6.07, 6.45) is 0. The van der Waals surface area contributed by atoms with Crippen molar-refractivity contribution in [3.63, 3.8) is 0 Å². The van der Waals surface area contributed by atoms with Gasteiger partial charge in [-0.3, -0.25) is 10.1 Å². The molecule has 0 atom stereocenters. The van der Waals surface area contributed by atoms with Crippen LogP contribution >= 0.6 is 27.3 Å². The molecule has 0 unspecified atom stereocenters. The quantitative estimate of drug-likeness (QED) is 0.600. The molecule has 0 aliphatic carbocycles. The van der Waals surface area contributed by atoms with Crippen molar-refractivity contribution >= 4 is 38.6 Å². The minimum atomic E-state index is -0.449. The van der Waals surface area contributed by atoms with Crippen molar-refractivity contribution in [1.82, 2.24) is 0 Å². The number of anilines is 1. The molecule has 5 nitrogen and oxygen atoms in total. The Morgan fingerprint density at radius 2 is 2.19 bits per heavy atom. The predicted molar refractivity (Wildman–Crippen MR) is 86.7 cm³/mol. The highest BCUT2D eigenvalue weighted by atomic mass is 79.9. The number of thiophene rings is 1. The zero-order valence-electron chi connectivity index (χ0n) is 11.5. The largest absolute Gasteiger partial charge is 0.369 e. The maximum Gasteiger partial charge on any atom is 0.275 e. The van der Waals surface area contributed by atoms with Crippen LogP contribution in [0.2, 0.25) is 0 Å². The smallest absolute Gasteiger partial charge is 0.275 e. The highest BCUT2D eigenvalue weighted by Crippen LogP contribution is 2.31. The Morgan fingerprint density at radius 1 is 1.48 bits per heavy atom. The average molecular weight is 366 g/mol. The van der Waals surface area contributed by atoms with Gasteiger partial charge in [-0.25, -0.2) is 0 Å². The fourth-order valence-electron chi connectivity index (χ4n) is 2.09. The molecule has 2 aromatic rings. The lowest BCUT2D eigenvalue weighted by Gasteiger charge is -2.21. The molecular formula is C14H12BrN3O2S. The van der Waals surface area contributed by atoms with Crippen LogP contribution in [0.3, 0.4) is 0 Å². The Bertz CT molecular complexity index is 736. The molecule has 0 bridgehead atoms. The Kier molecular flexibility index (Phi) is 4.60. The second-order valence-corrected chi connectivity index (χ2v) is 7.12. The molecule has 1 aromatic heterocycles. The second-order valence-electron chi connectivity index (χ2n) is 4.57. The minimum Gasteiger partial charge on any atom is -0.369 e. The van der Waals surface area contributed by atoms with Crippen LogP contribution in [0, 0.1) is 28.4 Å². The van der Waals surface area contributed by atoms with E-state index in [1.54, 1.807) is 24.3 Å². The van der Waals surface area contributed by atoms with Gasteiger partial charge >= 0.3 is 0 Å². The summed E-state index contributed by atoms with van der Waals surface area (Å²) in [5.41, 5.74) is 1.53. The van der Waals surface area contributed by atoms with Gasteiger partial charge in [0, 0.05) is 23.7 Å². The van der Waals surface area contributed by atoms with Crippen LogP contribution in [0.15, 0.2) is 28.1 Å². The molecule has 0 saturated carbocycles. The highest BCUT2D eigenvalue weighted by Gasteiger charge is 2.18. The van der Waals surface area contributed by atoms with Crippen LogP contribution in [-0.2, 0) is 6.54 Å². The van der Waals surface area contributed by atoms with E-state index in [-0.39, 0.29) is 5.69 Å².